The first kappa shape index (κ1) is 19.9. The zero-order valence-corrected chi connectivity index (χ0v) is 17.9. The van der Waals surface area contributed by atoms with Gasteiger partial charge in [0.15, 0.2) is 0 Å². The predicted molar refractivity (Wildman–Crippen MR) is 120 cm³/mol. The molecule has 1 N–H and O–H groups in total. The summed E-state index contributed by atoms with van der Waals surface area (Å²) in [5.74, 6) is 0. The number of fused-ring (bicyclic) bond motifs is 1. The Hall–Kier alpha value is -3.37. The van der Waals surface area contributed by atoms with E-state index in [1.54, 1.807) is 26.0 Å². The Morgan fingerprint density at radius 3 is 2.47 bits per heavy atom. The number of allylic oxidation sites excluding steroid dienone is 4. The maximum absolute atomic E-state index is 12.1. The molecule has 2 heterocycles. The van der Waals surface area contributed by atoms with Gasteiger partial charge in [-0.1, -0.05) is 25.1 Å². The smallest absolute Gasteiger partial charge is 0.235 e. The van der Waals surface area contributed by atoms with Crippen molar-refractivity contribution < 1.29 is 8.42 Å². The molecular weight excluding hydrogens is 396 g/mol. The largest absolute Gasteiger partial charge is 0.306 e. The predicted octanol–water partition coefficient (Wildman–Crippen LogP) is 4.70. The Morgan fingerprint density at radius 2 is 1.93 bits per heavy atom. The minimum atomic E-state index is -3.42. The maximum atomic E-state index is 12.1. The van der Waals surface area contributed by atoms with Crippen molar-refractivity contribution in [3.8, 4) is 17.3 Å². The normalized spacial score (nSPS) is 13.2. The van der Waals surface area contributed by atoms with Gasteiger partial charge >= 0.3 is 0 Å². The number of anilines is 1. The first-order chi connectivity index (χ1) is 14.4. The van der Waals surface area contributed by atoms with Crippen molar-refractivity contribution >= 4 is 32.3 Å². The monoisotopic (exact) mass is 418 g/mol. The lowest BCUT2D eigenvalue weighted by molar-refractivity contribution is 0.593. The average molecular weight is 419 g/mol. The van der Waals surface area contributed by atoms with Crippen molar-refractivity contribution in [2.75, 3.05) is 4.72 Å². The molecule has 0 aliphatic heterocycles. The Labute approximate surface area is 176 Å². The molecule has 0 fully saturated rings. The first-order valence-electron chi connectivity index (χ1n) is 9.80. The SMILES string of the molecule is CCc1cc2c(C#N)c(-c3ccc(NS(=O)(=O)C(C)C)cc3)n(C3=CC=C3)c2cn1. The second-order valence-electron chi connectivity index (χ2n) is 7.44. The second-order valence-corrected chi connectivity index (χ2v) is 9.68. The molecule has 0 atom stereocenters. The highest BCUT2D eigenvalue weighted by molar-refractivity contribution is 7.93. The van der Waals surface area contributed by atoms with Gasteiger partial charge in [0.2, 0.25) is 10.0 Å². The van der Waals surface area contributed by atoms with Crippen LogP contribution in [0.15, 0.2) is 54.8 Å². The van der Waals surface area contributed by atoms with Gasteiger partial charge in [0, 0.05) is 28.0 Å². The molecule has 0 bridgehead atoms. The number of hydrogen-bond acceptors (Lipinski definition) is 4. The number of nitriles is 1. The standard InChI is InChI=1S/C23H22N4O2S/c1-4-17-12-20-21(13-24)23(27(19-6-5-7-19)22(20)14-25-17)16-8-10-18(11-9-16)26-30(28,29)15(2)3/h5-12,14-15,26H,4H2,1-3H3. The van der Waals surface area contributed by atoms with E-state index in [-0.39, 0.29) is 0 Å². The fourth-order valence-electron chi connectivity index (χ4n) is 3.39. The number of pyridine rings is 1. The lowest BCUT2D eigenvalue weighted by Crippen LogP contribution is -2.22. The van der Waals surface area contributed by atoms with Gasteiger partial charge in [-0.25, -0.2) is 8.42 Å². The highest BCUT2D eigenvalue weighted by Crippen LogP contribution is 2.38. The zero-order chi connectivity index (χ0) is 21.5. The van der Waals surface area contributed by atoms with E-state index >= 15 is 0 Å². The van der Waals surface area contributed by atoms with Crippen LogP contribution in [-0.2, 0) is 16.4 Å². The molecule has 1 aliphatic rings. The van der Waals surface area contributed by atoms with E-state index < -0.39 is 15.3 Å². The van der Waals surface area contributed by atoms with Gasteiger partial charge in [-0.2, -0.15) is 5.26 Å². The van der Waals surface area contributed by atoms with E-state index in [2.05, 4.69) is 15.8 Å². The third-order valence-corrected chi connectivity index (χ3v) is 6.98. The maximum Gasteiger partial charge on any atom is 0.235 e. The van der Waals surface area contributed by atoms with Crippen LogP contribution < -0.4 is 4.72 Å². The highest BCUT2D eigenvalue weighted by Gasteiger charge is 2.22. The van der Waals surface area contributed by atoms with Gasteiger partial charge in [0.1, 0.15) is 6.07 Å². The summed E-state index contributed by atoms with van der Waals surface area (Å²) >= 11 is 0. The molecule has 152 valence electrons. The van der Waals surface area contributed by atoms with Gasteiger partial charge in [-0.05, 0) is 50.6 Å². The molecule has 4 rings (SSSR count). The van der Waals surface area contributed by atoms with E-state index in [0.717, 1.165) is 40.0 Å². The van der Waals surface area contributed by atoms with Crippen LogP contribution >= 0.6 is 0 Å². The summed E-state index contributed by atoms with van der Waals surface area (Å²) in [7, 11) is -3.42. The molecule has 0 saturated carbocycles. The van der Waals surface area contributed by atoms with E-state index in [9.17, 15) is 13.7 Å². The van der Waals surface area contributed by atoms with Gasteiger partial charge in [0.05, 0.1) is 28.2 Å². The number of nitrogens with zero attached hydrogens (tertiary/aromatic N) is 3. The van der Waals surface area contributed by atoms with Crippen LogP contribution in [0.3, 0.4) is 0 Å². The third kappa shape index (κ3) is 3.29. The zero-order valence-electron chi connectivity index (χ0n) is 17.0. The highest BCUT2D eigenvalue weighted by atomic mass is 32.2. The van der Waals surface area contributed by atoms with Crippen LogP contribution in [-0.4, -0.2) is 23.2 Å². The van der Waals surface area contributed by atoms with Crippen LogP contribution in [0.4, 0.5) is 5.69 Å². The number of hydrogen-bond donors (Lipinski definition) is 1. The Bertz CT molecular complexity index is 1340. The van der Waals surface area contributed by atoms with E-state index in [4.69, 9.17) is 0 Å². The number of benzene rings is 1. The molecule has 1 aliphatic carbocycles. The second kappa shape index (κ2) is 7.47. The lowest BCUT2D eigenvalue weighted by atomic mass is 10.1. The van der Waals surface area contributed by atoms with Gasteiger partial charge in [-0.3, -0.25) is 9.71 Å². The van der Waals surface area contributed by atoms with Crippen LogP contribution in [0.2, 0.25) is 0 Å². The minimum Gasteiger partial charge on any atom is -0.306 e. The van der Waals surface area contributed by atoms with Crippen molar-refractivity contribution in [2.45, 2.75) is 32.4 Å². The summed E-state index contributed by atoms with van der Waals surface area (Å²) in [4.78, 5) is 4.52. The van der Waals surface area contributed by atoms with E-state index in [1.807, 2.05) is 54.1 Å². The summed E-state index contributed by atoms with van der Waals surface area (Å²) in [5, 5.41) is 10.3. The minimum absolute atomic E-state index is 0.492. The molecule has 2 aromatic heterocycles. The van der Waals surface area contributed by atoms with Crippen LogP contribution in [0, 0.1) is 11.3 Å². The molecular formula is C23H22N4O2S. The molecule has 0 amide bonds. The van der Waals surface area contributed by atoms with Crippen LogP contribution in [0.25, 0.3) is 27.9 Å². The van der Waals surface area contributed by atoms with Crippen molar-refractivity contribution in [3.05, 3.63) is 66.0 Å². The van der Waals surface area contributed by atoms with Crippen molar-refractivity contribution in [1.29, 1.82) is 5.26 Å². The van der Waals surface area contributed by atoms with Crippen LogP contribution in [0.1, 0.15) is 32.0 Å². The summed E-state index contributed by atoms with van der Waals surface area (Å²) < 4.78 is 28.9. The molecule has 7 heteroatoms. The van der Waals surface area contributed by atoms with E-state index in [0.29, 0.717) is 11.3 Å². The summed E-state index contributed by atoms with van der Waals surface area (Å²) in [5.41, 5.74) is 5.46. The molecule has 6 nitrogen and oxygen atoms in total. The Morgan fingerprint density at radius 1 is 1.23 bits per heavy atom. The summed E-state index contributed by atoms with van der Waals surface area (Å²) in [6.45, 7) is 5.30. The van der Waals surface area contributed by atoms with Gasteiger partial charge in [-0.15, -0.1) is 0 Å². The number of aryl methyl sites for hydroxylation is 1. The van der Waals surface area contributed by atoms with Gasteiger partial charge in [0.25, 0.3) is 0 Å². The third-order valence-electron chi connectivity index (χ3n) is 5.22. The Kier molecular flexibility index (Phi) is 4.96. The van der Waals surface area contributed by atoms with Crippen LogP contribution in [0.5, 0.6) is 0 Å². The van der Waals surface area contributed by atoms with Crippen molar-refractivity contribution in [3.63, 3.8) is 0 Å². The fourth-order valence-corrected chi connectivity index (χ4v) is 4.09. The summed E-state index contributed by atoms with van der Waals surface area (Å²) in [6.07, 6.45) is 8.53. The Balaban J connectivity index is 1.87. The lowest BCUT2D eigenvalue weighted by Gasteiger charge is -2.16. The molecule has 0 unspecified atom stereocenters. The van der Waals surface area contributed by atoms with Crippen molar-refractivity contribution in [2.24, 2.45) is 0 Å². The molecule has 0 radical (unpaired) electrons. The topological polar surface area (TPSA) is 87.8 Å². The molecule has 0 saturated heterocycles. The molecule has 0 spiro atoms. The number of sulfonamides is 1. The fraction of sp³-hybridized carbons (Fsp3) is 0.217. The van der Waals surface area contributed by atoms with E-state index in [1.165, 1.54) is 0 Å². The molecule has 3 aromatic rings. The van der Waals surface area contributed by atoms with Crippen molar-refractivity contribution in [1.82, 2.24) is 9.55 Å². The van der Waals surface area contributed by atoms with Gasteiger partial charge < -0.3 is 4.57 Å². The molecule has 30 heavy (non-hydrogen) atoms. The number of nitrogens with one attached hydrogen (secondary N) is 1. The number of aromatic nitrogens is 2. The average Bonchev–Trinajstić information content (AvgIpc) is 3.00. The summed E-state index contributed by atoms with van der Waals surface area (Å²) in [6, 6.07) is 11.5. The quantitative estimate of drug-likeness (QED) is 0.629. The number of rotatable bonds is 6. The molecule has 1 aromatic carbocycles. The first-order valence-corrected chi connectivity index (χ1v) is 11.3.